The number of fused-ring (bicyclic) bond motifs is 1. The number of hydrogen-bond donors (Lipinski definition) is 1. The Hall–Kier alpha value is -1.55. The van der Waals surface area contributed by atoms with E-state index >= 15 is 0 Å². The average Bonchev–Trinajstić information content (AvgIpc) is 2.93. The molecule has 0 radical (unpaired) electrons. The third-order valence-electron chi connectivity index (χ3n) is 3.50. The summed E-state index contributed by atoms with van der Waals surface area (Å²) in [4.78, 5) is 12.0. The minimum absolute atomic E-state index is 0.00852. The van der Waals surface area contributed by atoms with E-state index in [0.717, 1.165) is 30.6 Å². The summed E-state index contributed by atoms with van der Waals surface area (Å²) in [6, 6.07) is 7.92. The molecule has 1 fully saturated rings. The van der Waals surface area contributed by atoms with Gasteiger partial charge in [-0.05, 0) is 18.9 Å². The van der Waals surface area contributed by atoms with E-state index in [9.17, 15) is 4.79 Å². The number of carbonyl (C=O) groups is 1. The van der Waals surface area contributed by atoms with Crippen LogP contribution < -0.4 is 10.1 Å². The van der Waals surface area contributed by atoms with E-state index in [-0.39, 0.29) is 18.1 Å². The maximum Gasteiger partial charge on any atom is 0.249 e. The molecule has 0 saturated carbocycles. The topological polar surface area (TPSA) is 47.6 Å². The first kappa shape index (κ1) is 11.5. The lowest BCUT2D eigenvalue weighted by atomic mass is 10.0. The van der Waals surface area contributed by atoms with Crippen molar-refractivity contribution in [1.82, 2.24) is 5.32 Å². The molecule has 2 aliphatic heterocycles. The number of ether oxygens (including phenoxy) is 2. The normalized spacial score (nSPS) is 26.2. The smallest absolute Gasteiger partial charge is 0.249 e. The fourth-order valence-corrected chi connectivity index (χ4v) is 2.54. The summed E-state index contributed by atoms with van der Waals surface area (Å²) in [7, 11) is 0. The highest BCUT2D eigenvalue weighted by Crippen LogP contribution is 2.31. The van der Waals surface area contributed by atoms with Crippen molar-refractivity contribution in [3.8, 4) is 5.75 Å². The fraction of sp³-hybridized carbons (Fsp3) is 0.500. The molecule has 1 aromatic carbocycles. The Balaban J connectivity index is 1.72. The van der Waals surface area contributed by atoms with Gasteiger partial charge in [-0.25, -0.2) is 0 Å². The average molecular weight is 247 g/mol. The van der Waals surface area contributed by atoms with Crippen LogP contribution in [0.25, 0.3) is 0 Å². The zero-order valence-electron chi connectivity index (χ0n) is 10.2. The van der Waals surface area contributed by atoms with Crippen LogP contribution in [0.2, 0.25) is 0 Å². The Morgan fingerprint density at radius 1 is 1.22 bits per heavy atom. The van der Waals surface area contributed by atoms with Gasteiger partial charge in [0, 0.05) is 18.6 Å². The van der Waals surface area contributed by atoms with Crippen LogP contribution in [0.4, 0.5) is 0 Å². The van der Waals surface area contributed by atoms with Gasteiger partial charge in [-0.15, -0.1) is 0 Å². The highest BCUT2D eigenvalue weighted by Gasteiger charge is 2.28. The predicted molar refractivity (Wildman–Crippen MR) is 66.4 cm³/mol. The van der Waals surface area contributed by atoms with E-state index in [2.05, 4.69) is 5.32 Å². The van der Waals surface area contributed by atoms with Crippen LogP contribution in [0.1, 0.15) is 30.9 Å². The van der Waals surface area contributed by atoms with Gasteiger partial charge in [0.15, 0.2) is 0 Å². The highest BCUT2D eigenvalue weighted by molar-refractivity contribution is 5.81. The van der Waals surface area contributed by atoms with Crippen LogP contribution in [0, 0.1) is 0 Å². The van der Waals surface area contributed by atoms with Gasteiger partial charge in [0.1, 0.15) is 11.9 Å². The Labute approximate surface area is 106 Å². The molecule has 0 aromatic heterocycles. The maximum absolute atomic E-state index is 12.0. The first-order valence-corrected chi connectivity index (χ1v) is 6.48. The molecule has 1 aromatic rings. The molecule has 18 heavy (non-hydrogen) atoms. The molecule has 4 nitrogen and oxygen atoms in total. The van der Waals surface area contributed by atoms with Crippen molar-refractivity contribution in [3.63, 3.8) is 0 Å². The molecule has 0 unspecified atom stereocenters. The fourth-order valence-electron chi connectivity index (χ4n) is 2.54. The van der Waals surface area contributed by atoms with Crippen molar-refractivity contribution < 1.29 is 14.3 Å². The summed E-state index contributed by atoms with van der Waals surface area (Å²) in [5.41, 5.74) is 1.06. The van der Waals surface area contributed by atoms with Gasteiger partial charge in [-0.3, -0.25) is 4.79 Å². The molecule has 4 heteroatoms. The molecule has 0 aliphatic carbocycles. The zero-order chi connectivity index (χ0) is 12.4. The van der Waals surface area contributed by atoms with Crippen molar-refractivity contribution in [2.75, 3.05) is 13.2 Å². The van der Waals surface area contributed by atoms with Crippen LogP contribution in [-0.2, 0) is 9.53 Å². The molecule has 1 amide bonds. The van der Waals surface area contributed by atoms with Gasteiger partial charge in [0.05, 0.1) is 12.6 Å². The van der Waals surface area contributed by atoms with Gasteiger partial charge in [0.25, 0.3) is 0 Å². The number of rotatable bonds is 2. The monoisotopic (exact) mass is 247 g/mol. The lowest BCUT2D eigenvalue weighted by Crippen LogP contribution is -2.38. The van der Waals surface area contributed by atoms with E-state index in [0.29, 0.717) is 13.2 Å². The first-order valence-electron chi connectivity index (χ1n) is 6.48. The van der Waals surface area contributed by atoms with Gasteiger partial charge in [-0.2, -0.15) is 0 Å². The van der Waals surface area contributed by atoms with Gasteiger partial charge in [-0.1, -0.05) is 18.2 Å². The van der Waals surface area contributed by atoms with E-state index < -0.39 is 0 Å². The number of amides is 1. The van der Waals surface area contributed by atoms with Crippen LogP contribution in [0.15, 0.2) is 24.3 Å². The van der Waals surface area contributed by atoms with Crippen LogP contribution in [0.5, 0.6) is 5.75 Å². The van der Waals surface area contributed by atoms with Crippen molar-refractivity contribution in [2.24, 2.45) is 0 Å². The van der Waals surface area contributed by atoms with Gasteiger partial charge < -0.3 is 14.8 Å². The Kier molecular flexibility index (Phi) is 3.19. The molecule has 3 rings (SSSR count). The maximum atomic E-state index is 12.0. The molecule has 1 saturated heterocycles. The Bertz CT molecular complexity index is 440. The number of carbonyl (C=O) groups excluding carboxylic acids is 1. The minimum atomic E-state index is -0.264. The van der Waals surface area contributed by atoms with Crippen LogP contribution in [0.3, 0.4) is 0 Å². The third-order valence-corrected chi connectivity index (χ3v) is 3.50. The van der Waals surface area contributed by atoms with Crippen molar-refractivity contribution in [3.05, 3.63) is 29.8 Å². The second-order valence-electron chi connectivity index (χ2n) is 4.74. The second kappa shape index (κ2) is 4.98. The molecule has 2 atom stereocenters. The molecule has 0 spiro atoms. The van der Waals surface area contributed by atoms with Crippen LogP contribution >= 0.6 is 0 Å². The van der Waals surface area contributed by atoms with Gasteiger partial charge >= 0.3 is 0 Å². The standard InChI is InChI=1S/C14H17NO3/c16-14(13-6-3-8-17-13)15-11-7-9-18-12-5-2-1-4-10(11)12/h1-2,4-5,11,13H,3,6-9H2,(H,15,16)/t11-,13+/m1/s1. The third kappa shape index (κ3) is 2.20. The molecule has 0 bridgehead atoms. The largest absolute Gasteiger partial charge is 0.493 e. The van der Waals surface area contributed by atoms with E-state index in [1.807, 2.05) is 24.3 Å². The van der Waals surface area contributed by atoms with Crippen LogP contribution in [-0.4, -0.2) is 25.2 Å². The van der Waals surface area contributed by atoms with Crippen molar-refractivity contribution >= 4 is 5.91 Å². The molecule has 96 valence electrons. The molecule has 1 N–H and O–H groups in total. The summed E-state index contributed by atoms with van der Waals surface area (Å²) in [5.74, 6) is 0.885. The number of benzene rings is 1. The van der Waals surface area contributed by atoms with Gasteiger partial charge in [0.2, 0.25) is 5.91 Å². The molecular formula is C14H17NO3. The van der Waals surface area contributed by atoms with E-state index in [4.69, 9.17) is 9.47 Å². The molecule has 2 heterocycles. The highest BCUT2D eigenvalue weighted by atomic mass is 16.5. The first-order chi connectivity index (χ1) is 8.84. The summed E-state index contributed by atoms with van der Waals surface area (Å²) in [6.07, 6.45) is 2.36. The van der Waals surface area contributed by atoms with E-state index in [1.54, 1.807) is 0 Å². The minimum Gasteiger partial charge on any atom is -0.493 e. The second-order valence-corrected chi connectivity index (χ2v) is 4.74. The summed E-state index contributed by atoms with van der Waals surface area (Å²) >= 11 is 0. The summed E-state index contributed by atoms with van der Waals surface area (Å²) in [5, 5.41) is 3.07. The van der Waals surface area contributed by atoms with Crippen molar-refractivity contribution in [2.45, 2.75) is 31.4 Å². The number of para-hydroxylation sites is 1. The number of nitrogens with one attached hydrogen (secondary N) is 1. The zero-order valence-corrected chi connectivity index (χ0v) is 10.2. The lowest BCUT2D eigenvalue weighted by molar-refractivity contribution is -0.131. The summed E-state index contributed by atoms with van der Waals surface area (Å²) in [6.45, 7) is 1.34. The number of hydrogen-bond acceptors (Lipinski definition) is 3. The summed E-state index contributed by atoms with van der Waals surface area (Å²) < 4.78 is 11.0. The molecule has 2 aliphatic rings. The Morgan fingerprint density at radius 2 is 2.11 bits per heavy atom. The SMILES string of the molecule is O=C(N[C@@H]1CCOc2ccccc21)[C@@H]1CCCO1. The van der Waals surface area contributed by atoms with Crippen molar-refractivity contribution in [1.29, 1.82) is 0 Å². The lowest BCUT2D eigenvalue weighted by Gasteiger charge is -2.27. The molecular weight excluding hydrogens is 230 g/mol. The predicted octanol–water partition coefficient (Wildman–Crippen LogP) is 1.81. The van der Waals surface area contributed by atoms with E-state index in [1.165, 1.54) is 0 Å². The quantitative estimate of drug-likeness (QED) is 0.867. The Morgan fingerprint density at radius 3 is 2.94 bits per heavy atom.